The monoisotopic (exact) mass is 387 g/mol. The van der Waals surface area contributed by atoms with E-state index in [1.165, 1.54) is 0 Å². The number of anilines is 1. The van der Waals surface area contributed by atoms with Gasteiger partial charge in [-0.3, -0.25) is 0 Å². The number of hydrogen-bond acceptors (Lipinski definition) is 6. The number of aromatic nitrogens is 1. The van der Waals surface area contributed by atoms with E-state index in [2.05, 4.69) is 22.4 Å². The van der Waals surface area contributed by atoms with E-state index in [4.69, 9.17) is 16.3 Å². The lowest BCUT2D eigenvalue weighted by Gasteiger charge is -2.23. The van der Waals surface area contributed by atoms with Gasteiger partial charge < -0.3 is 15.0 Å². The molecule has 1 N–H and O–H groups in total. The molecule has 0 spiro atoms. The SMILES string of the molecule is CC(C)(C)OC(=O)N[C@H]1CCN(c2nc(Cl)c(C#N)c(C3CC3)c2C#N)C1. The molecule has 0 radical (unpaired) electrons. The molecule has 3 rings (SSSR count). The minimum atomic E-state index is -0.558. The predicted octanol–water partition coefficient (Wildman–Crippen LogP) is 3.46. The third-order valence-electron chi connectivity index (χ3n) is 4.59. The number of hydrogen-bond donors (Lipinski definition) is 1. The molecule has 142 valence electrons. The van der Waals surface area contributed by atoms with Gasteiger partial charge in [-0.05, 0) is 51.5 Å². The van der Waals surface area contributed by atoms with E-state index in [1.807, 2.05) is 25.7 Å². The summed E-state index contributed by atoms with van der Waals surface area (Å²) in [7, 11) is 0. The molecule has 2 aliphatic rings. The Morgan fingerprint density at radius 3 is 2.48 bits per heavy atom. The normalized spacial score (nSPS) is 19.3. The molecule has 7 nitrogen and oxygen atoms in total. The van der Waals surface area contributed by atoms with Crippen LogP contribution in [0.2, 0.25) is 5.15 Å². The summed E-state index contributed by atoms with van der Waals surface area (Å²) in [5.41, 5.74) is 0.898. The first kappa shape index (κ1) is 19.3. The van der Waals surface area contributed by atoms with Gasteiger partial charge in [-0.25, -0.2) is 9.78 Å². The number of rotatable bonds is 3. The van der Waals surface area contributed by atoms with E-state index in [0.717, 1.165) is 18.4 Å². The van der Waals surface area contributed by atoms with Crippen LogP contribution in [0.15, 0.2) is 0 Å². The van der Waals surface area contributed by atoms with Crippen molar-refractivity contribution in [2.45, 2.75) is 57.6 Å². The van der Waals surface area contributed by atoms with Crippen molar-refractivity contribution in [2.75, 3.05) is 18.0 Å². The molecule has 2 fully saturated rings. The van der Waals surface area contributed by atoms with E-state index < -0.39 is 11.7 Å². The van der Waals surface area contributed by atoms with Crippen LogP contribution in [0.4, 0.5) is 10.6 Å². The Morgan fingerprint density at radius 2 is 1.93 bits per heavy atom. The number of nitrogens with one attached hydrogen (secondary N) is 1. The van der Waals surface area contributed by atoms with E-state index >= 15 is 0 Å². The van der Waals surface area contributed by atoms with Crippen molar-refractivity contribution in [3.05, 3.63) is 21.8 Å². The third-order valence-corrected chi connectivity index (χ3v) is 4.86. The molecule has 1 saturated carbocycles. The van der Waals surface area contributed by atoms with Gasteiger partial charge in [0.2, 0.25) is 0 Å². The lowest BCUT2D eigenvalue weighted by atomic mass is 10.00. The van der Waals surface area contributed by atoms with Gasteiger partial charge in [0.15, 0.2) is 0 Å². The van der Waals surface area contributed by atoms with E-state index in [0.29, 0.717) is 36.5 Å². The maximum absolute atomic E-state index is 12.0. The molecule has 1 atom stereocenters. The number of ether oxygens (including phenoxy) is 1. The highest BCUT2D eigenvalue weighted by Gasteiger charge is 2.35. The summed E-state index contributed by atoms with van der Waals surface area (Å²) in [6.45, 7) is 6.58. The van der Waals surface area contributed by atoms with Gasteiger partial charge in [-0.2, -0.15) is 10.5 Å². The predicted molar refractivity (Wildman–Crippen MR) is 101 cm³/mol. The summed E-state index contributed by atoms with van der Waals surface area (Å²) in [5, 5.41) is 22.2. The van der Waals surface area contributed by atoms with E-state index in [1.54, 1.807) is 0 Å². The van der Waals surface area contributed by atoms with Gasteiger partial charge in [0.25, 0.3) is 0 Å². The second kappa shape index (κ2) is 7.25. The Kier molecular flexibility index (Phi) is 5.17. The largest absolute Gasteiger partial charge is 0.444 e. The van der Waals surface area contributed by atoms with Crippen molar-refractivity contribution in [3.8, 4) is 12.1 Å². The molecule has 8 heteroatoms. The highest BCUT2D eigenvalue weighted by atomic mass is 35.5. The van der Waals surface area contributed by atoms with Gasteiger partial charge in [-0.15, -0.1) is 0 Å². The molecule has 27 heavy (non-hydrogen) atoms. The first-order valence-corrected chi connectivity index (χ1v) is 9.39. The third kappa shape index (κ3) is 4.26. The lowest BCUT2D eigenvalue weighted by molar-refractivity contribution is 0.0509. The molecular formula is C19H22ClN5O2. The fraction of sp³-hybridized carbons (Fsp3) is 0.579. The van der Waals surface area contributed by atoms with Gasteiger partial charge in [0, 0.05) is 13.1 Å². The van der Waals surface area contributed by atoms with Crippen molar-refractivity contribution in [3.63, 3.8) is 0 Å². The molecule has 0 unspecified atom stereocenters. The van der Waals surface area contributed by atoms with Crippen molar-refractivity contribution in [1.82, 2.24) is 10.3 Å². The molecule has 0 aromatic carbocycles. The number of alkyl carbamates (subject to hydrolysis) is 1. The van der Waals surface area contributed by atoms with E-state index in [-0.39, 0.29) is 17.1 Å². The van der Waals surface area contributed by atoms with Crippen LogP contribution in [-0.4, -0.2) is 35.8 Å². The van der Waals surface area contributed by atoms with Gasteiger partial charge in [0.05, 0.1) is 17.2 Å². The van der Waals surface area contributed by atoms with Crippen LogP contribution in [0.3, 0.4) is 0 Å². The minimum absolute atomic E-state index is 0.105. The summed E-state index contributed by atoms with van der Waals surface area (Å²) in [4.78, 5) is 18.3. The second-order valence-corrected chi connectivity index (χ2v) is 8.32. The number of pyridine rings is 1. The first-order valence-electron chi connectivity index (χ1n) is 9.01. The average molecular weight is 388 g/mol. The topological polar surface area (TPSA) is 102 Å². The molecule has 1 aliphatic carbocycles. The molecular weight excluding hydrogens is 366 g/mol. The highest BCUT2D eigenvalue weighted by molar-refractivity contribution is 6.30. The summed E-state index contributed by atoms with van der Waals surface area (Å²) >= 11 is 6.25. The van der Waals surface area contributed by atoms with Crippen molar-refractivity contribution < 1.29 is 9.53 Å². The standard InChI is InChI=1S/C19H22ClN5O2/c1-19(2,3)27-18(26)23-12-6-7-25(10-12)17-14(9-22)15(11-4-5-11)13(8-21)16(20)24-17/h11-12H,4-7,10H2,1-3H3,(H,23,26)/t12-/m0/s1. The fourth-order valence-corrected chi connectivity index (χ4v) is 3.56. The Morgan fingerprint density at radius 1 is 1.26 bits per heavy atom. The van der Waals surface area contributed by atoms with Crippen LogP contribution >= 0.6 is 11.6 Å². The zero-order chi connectivity index (χ0) is 19.8. The Hall–Kier alpha value is -2.51. The smallest absolute Gasteiger partial charge is 0.407 e. The Balaban J connectivity index is 1.81. The lowest BCUT2D eigenvalue weighted by Crippen LogP contribution is -2.40. The van der Waals surface area contributed by atoms with Crippen LogP contribution < -0.4 is 10.2 Å². The number of amides is 1. The number of carbonyl (C=O) groups is 1. The van der Waals surface area contributed by atoms with Crippen LogP contribution in [0.1, 0.15) is 62.6 Å². The van der Waals surface area contributed by atoms with Gasteiger partial charge >= 0.3 is 6.09 Å². The molecule has 1 saturated heterocycles. The summed E-state index contributed by atoms with van der Waals surface area (Å²) in [5.74, 6) is 0.698. The molecule has 1 aliphatic heterocycles. The highest BCUT2D eigenvalue weighted by Crippen LogP contribution is 2.46. The van der Waals surface area contributed by atoms with Crippen LogP contribution in [-0.2, 0) is 4.74 Å². The van der Waals surface area contributed by atoms with E-state index in [9.17, 15) is 15.3 Å². The number of nitriles is 2. The second-order valence-electron chi connectivity index (χ2n) is 7.97. The molecule has 0 bridgehead atoms. The maximum Gasteiger partial charge on any atom is 0.407 e. The van der Waals surface area contributed by atoms with Crippen molar-refractivity contribution in [2.24, 2.45) is 0 Å². The first-order chi connectivity index (χ1) is 12.7. The summed E-state index contributed by atoms with van der Waals surface area (Å²) < 4.78 is 5.30. The van der Waals surface area contributed by atoms with Crippen LogP contribution in [0, 0.1) is 22.7 Å². The van der Waals surface area contributed by atoms with Crippen LogP contribution in [0.25, 0.3) is 0 Å². The molecule has 1 aromatic heterocycles. The van der Waals surface area contributed by atoms with Crippen molar-refractivity contribution >= 4 is 23.5 Å². The summed E-state index contributed by atoms with van der Waals surface area (Å²) in [6, 6.07) is 4.22. The molecule has 2 heterocycles. The van der Waals surface area contributed by atoms with Gasteiger partial charge in [-0.1, -0.05) is 11.6 Å². The zero-order valence-electron chi connectivity index (χ0n) is 15.7. The molecule has 1 amide bonds. The Labute approximate surface area is 163 Å². The average Bonchev–Trinajstić information content (AvgIpc) is 3.31. The zero-order valence-corrected chi connectivity index (χ0v) is 16.4. The fourth-order valence-electron chi connectivity index (χ4n) is 3.33. The van der Waals surface area contributed by atoms with Crippen molar-refractivity contribution in [1.29, 1.82) is 10.5 Å². The minimum Gasteiger partial charge on any atom is -0.444 e. The summed E-state index contributed by atoms with van der Waals surface area (Å²) in [6.07, 6.45) is 2.15. The maximum atomic E-state index is 12.0. The van der Waals surface area contributed by atoms with Crippen LogP contribution in [0.5, 0.6) is 0 Å². The molecule has 1 aromatic rings. The quantitative estimate of drug-likeness (QED) is 0.797. The number of halogens is 1. The van der Waals surface area contributed by atoms with Gasteiger partial charge in [0.1, 0.15) is 28.7 Å². The number of carbonyl (C=O) groups excluding carboxylic acids is 1. The number of nitrogens with zero attached hydrogens (tertiary/aromatic N) is 4. The Bertz CT molecular complexity index is 846.